The maximum atomic E-state index is 11.8. The number of aromatic nitrogens is 4. The van der Waals surface area contributed by atoms with Gasteiger partial charge in [-0.2, -0.15) is 13.6 Å². The van der Waals surface area contributed by atoms with Crippen LogP contribution in [-0.2, 0) is 6.54 Å². The molecule has 1 aromatic heterocycles. The first-order chi connectivity index (χ1) is 8.65. The highest BCUT2D eigenvalue weighted by Gasteiger charge is 2.05. The highest BCUT2D eigenvalue weighted by Crippen LogP contribution is 2.16. The van der Waals surface area contributed by atoms with Crippen LogP contribution in [0, 0.1) is 0 Å². The Morgan fingerprint density at radius 2 is 2.00 bits per heavy atom. The van der Waals surface area contributed by atoms with E-state index in [2.05, 4.69) is 15.4 Å². The number of hydrogen-bond acceptors (Lipinski definition) is 3. The summed E-state index contributed by atoms with van der Waals surface area (Å²) in [5, 5.41) is 12.3. The first kappa shape index (κ1) is 12.6. The Morgan fingerprint density at radius 3 is 2.67 bits per heavy atom. The summed E-state index contributed by atoms with van der Waals surface area (Å²) in [5.74, 6) is 0.441. The van der Waals surface area contributed by atoms with Crippen molar-refractivity contribution in [3.63, 3.8) is 0 Å². The van der Waals surface area contributed by atoms with Gasteiger partial charge >= 0.3 is 0 Å². The molecule has 0 saturated heterocycles. The van der Waals surface area contributed by atoms with E-state index in [0.29, 0.717) is 10.8 Å². The third-order valence-corrected chi connectivity index (χ3v) is 2.43. The Kier molecular flexibility index (Phi) is 3.99. The van der Waals surface area contributed by atoms with Gasteiger partial charge in [-0.25, -0.2) is 0 Å². The molecular weight excluding hydrogens is 262 g/mol. The predicted octanol–water partition coefficient (Wildman–Crippen LogP) is 3.16. The van der Waals surface area contributed by atoms with Crippen LogP contribution in [0.15, 0.2) is 36.4 Å². The van der Waals surface area contributed by atoms with E-state index in [1.165, 1.54) is 4.80 Å². The van der Waals surface area contributed by atoms with E-state index < -0.39 is 6.08 Å². The fourth-order valence-corrected chi connectivity index (χ4v) is 1.47. The summed E-state index contributed by atoms with van der Waals surface area (Å²) in [6.45, 7) is 0.262. The third-order valence-electron chi connectivity index (χ3n) is 2.18. The number of tetrazole rings is 1. The molecule has 94 valence electrons. The van der Waals surface area contributed by atoms with Crippen molar-refractivity contribution in [3.8, 4) is 11.4 Å². The molecule has 0 aliphatic rings. The quantitative estimate of drug-likeness (QED) is 0.857. The van der Waals surface area contributed by atoms with E-state index >= 15 is 0 Å². The fraction of sp³-hybridized carbons (Fsp3) is 0.182. The van der Waals surface area contributed by atoms with Gasteiger partial charge in [0.25, 0.3) is 6.08 Å². The summed E-state index contributed by atoms with van der Waals surface area (Å²) in [4.78, 5) is 1.28. The van der Waals surface area contributed by atoms with E-state index in [4.69, 9.17) is 11.6 Å². The lowest BCUT2D eigenvalue weighted by Gasteiger charge is -1.94. The second-order valence-electron chi connectivity index (χ2n) is 3.50. The topological polar surface area (TPSA) is 43.6 Å². The first-order valence-corrected chi connectivity index (χ1v) is 5.58. The van der Waals surface area contributed by atoms with Crippen molar-refractivity contribution in [2.24, 2.45) is 0 Å². The van der Waals surface area contributed by atoms with Crippen LogP contribution >= 0.6 is 11.6 Å². The van der Waals surface area contributed by atoms with Crippen LogP contribution in [0.1, 0.15) is 6.42 Å². The Hall–Kier alpha value is -1.82. The first-order valence-electron chi connectivity index (χ1n) is 5.20. The van der Waals surface area contributed by atoms with Gasteiger partial charge in [-0.3, -0.25) is 0 Å². The van der Waals surface area contributed by atoms with Gasteiger partial charge in [0, 0.05) is 10.6 Å². The van der Waals surface area contributed by atoms with E-state index in [1.54, 1.807) is 24.3 Å². The van der Waals surface area contributed by atoms with Crippen molar-refractivity contribution >= 4 is 11.6 Å². The SMILES string of the molecule is FC(F)=CCCn1nnc(-c2ccc(Cl)cc2)n1. The fourth-order valence-electron chi connectivity index (χ4n) is 1.34. The van der Waals surface area contributed by atoms with Crippen LogP contribution in [0.5, 0.6) is 0 Å². The Bertz CT molecular complexity index is 546. The molecule has 7 heteroatoms. The molecule has 2 aromatic rings. The zero-order valence-corrected chi connectivity index (χ0v) is 9.98. The van der Waals surface area contributed by atoms with E-state index in [-0.39, 0.29) is 13.0 Å². The maximum absolute atomic E-state index is 11.8. The summed E-state index contributed by atoms with van der Waals surface area (Å²) in [7, 11) is 0. The van der Waals surface area contributed by atoms with Gasteiger partial charge in [-0.05, 0) is 42.0 Å². The van der Waals surface area contributed by atoms with Crippen molar-refractivity contribution < 1.29 is 8.78 Å². The molecule has 0 N–H and O–H groups in total. The zero-order valence-electron chi connectivity index (χ0n) is 9.22. The average Bonchev–Trinajstić information content (AvgIpc) is 2.78. The molecule has 0 aliphatic heterocycles. The second kappa shape index (κ2) is 5.68. The largest absolute Gasteiger partial charge is 0.266 e. The standard InChI is InChI=1S/C11H9ClF2N4/c12-9-5-3-8(4-6-9)11-15-17-18(16-11)7-1-2-10(13)14/h2-6H,1,7H2. The number of hydrogen-bond donors (Lipinski definition) is 0. The van der Waals surface area contributed by atoms with Gasteiger partial charge in [0.2, 0.25) is 5.82 Å². The molecule has 0 aliphatic carbocycles. The van der Waals surface area contributed by atoms with Gasteiger partial charge in [0.15, 0.2) is 0 Å². The van der Waals surface area contributed by atoms with Crippen LogP contribution in [0.4, 0.5) is 8.78 Å². The molecule has 4 nitrogen and oxygen atoms in total. The van der Waals surface area contributed by atoms with Crippen LogP contribution < -0.4 is 0 Å². The highest BCUT2D eigenvalue weighted by atomic mass is 35.5. The average molecular weight is 271 g/mol. The minimum absolute atomic E-state index is 0.165. The molecular formula is C11H9ClF2N4. The van der Waals surface area contributed by atoms with Crippen LogP contribution in [0.3, 0.4) is 0 Å². The van der Waals surface area contributed by atoms with Crippen molar-refractivity contribution in [3.05, 3.63) is 41.4 Å². The lowest BCUT2D eigenvalue weighted by molar-refractivity contribution is 0.413. The Labute approximate surface area is 107 Å². The minimum Gasteiger partial charge on any atom is -0.174 e. The lowest BCUT2D eigenvalue weighted by atomic mass is 10.2. The molecule has 0 atom stereocenters. The molecule has 0 saturated carbocycles. The van der Waals surface area contributed by atoms with E-state index in [1.807, 2.05) is 0 Å². The van der Waals surface area contributed by atoms with Crippen molar-refractivity contribution in [2.75, 3.05) is 0 Å². The molecule has 0 amide bonds. The van der Waals surface area contributed by atoms with Crippen LogP contribution in [0.25, 0.3) is 11.4 Å². The monoisotopic (exact) mass is 270 g/mol. The number of halogens is 3. The van der Waals surface area contributed by atoms with Crippen LogP contribution in [0.2, 0.25) is 5.02 Å². The molecule has 0 unspecified atom stereocenters. The maximum Gasteiger partial charge on any atom is 0.266 e. The number of rotatable bonds is 4. The number of aryl methyl sites for hydroxylation is 1. The second-order valence-corrected chi connectivity index (χ2v) is 3.93. The summed E-state index contributed by atoms with van der Waals surface area (Å²) in [6.07, 6.45) is -0.711. The summed E-state index contributed by atoms with van der Waals surface area (Å²) in [5.41, 5.74) is 0.776. The summed E-state index contributed by atoms with van der Waals surface area (Å²) < 4.78 is 23.7. The molecule has 0 spiro atoms. The molecule has 1 heterocycles. The number of benzene rings is 1. The summed E-state index contributed by atoms with van der Waals surface area (Å²) in [6, 6.07) is 6.98. The zero-order chi connectivity index (χ0) is 13.0. The van der Waals surface area contributed by atoms with Gasteiger partial charge in [-0.1, -0.05) is 11.6 Å². The lowest BCUT2D eigenvalue weighted by Crippen LogP contribution is -2.01. The van der Waals surface area contributed by atoms with Gasteiger partial charge < -0.3 is 0 Å². The molecule has 2 rings (SSSR count). The number of nitrogens with zero attached hydrogens (tertiary/aromatic N) is 4. The Balaban J connectivity index is 2.06. The third kappa shape index (κ3) is 3.33. The molecule has 0 bridgehead atoms. The van der Waals surface area contributed by atoms with Gasteiger partial charge in [0.05, 0.1) is 6.54 Å². The number of allylic oxidation sites excluding steroid dienone is 1. The minimum atomic E-state index is -1.70. The Morgan fingerprint density at radius 1 is 1.28 bits per heavy atom. The molecule has 18 heavy (non-hydrogen) atoms. The molecule has 1 aromatic carbocycles. The predicted molar refractivity (Wildman–Crippen MR) is 63.2 cm³/mol. The van der Waals surface area contributed by atoms with E-state index in [9.17, 15) is 8.78 Å². The molecule has 0 fully saturated rings. The van der Waals surface area contributed by atoms with Crippen molar-refractivity contribution in [2.45, 2.75) is 13.0 Å². The van der Waals surface area contributed by atoms with Crippen molar-refractivity contribution in [1.29, 1.82) is 0 Å². The van der Waals surface area contributed by atoms with E-state index in [0.717, 1.165) is 11.6 Å². The normalized spacial score (nSPS) is 10.4. The van der Waals surface area contributed by atoms with Gasteiger partial charge in [-0.15, -0.1) is 10.2 Å². The molecule has 0 radical (unpaired) electrons. The smallest absolute Gasteiger partial charge is 0.174 e. The van der Waals surface area contributed by atoms with Crippen LogP contribution in [-0.4, -0.2) is 20.2 Å². The summed E-state index contributed by atoms with van der Waals surface area (Å²) >= 11 is 5.76. The van der Waals surface area contributed by atoms with Gasteiger partial charge in [0.1, 0.15) is 0 Å². The van der Waals surface area contributed by atoms with Crippen molar-refractivity contribution in [1.82, 2.24) is 20.2 Å². The highest BCUT2D eigenvalue weighted by molar-refractivity contribution is 6.30.